The number of hydrogen-bond acceptors (Lipinski definition) is 5. The van der Waals surface area contributed by atoms with E-state index < -0.39 is 5.97 Å². The SMILES string of the molecule is Cc1csc(C(C)Nc2cc(C(=O)O)cc(C(C)C)n2)n1. The number of carboxylic acids is 1. The topological polar surface area (TPSA) is 75.1 Å². The first-order valence-corrected chi connectivity index (χ1v) is 7.68. The minimum atomic E-state index is -0.944. The number of carbonyl (C=O) groups is 1. The summed E-state index contributed by atoms with van der Waals surface area (Å²) in [5, 5.41) is 15.4. The van der Waals surface area contributed by atoms with Crippen LogP contribution in [0.5, 0.6) is 0 Å². The van der Waals surface area contributed by atoms with Gasteiger partial charge >= 0.3 is 5.97 Å². The third-order valence-corrected chi connectivity index (χ3v) is 4.20. The number of hydrogen-bond donors (Lipinski definition) is 2. The van der Waals surface area contributed by atoms with Crippen LogP contribution in [0.3, 0.4) is 0 Å². The van der Waals surface area contributed by atoms with Gasteiger partial charge in [-0.25, -0.2) is 14.8 Å². The monoisotopic (exact) mass is 305 g/mol. The van der Waals surface area contributed by atoms with Crippen LogP contribution in [0.1, 0.15) is 59.5 Å². The number of aromatic carboxylic acids is 1. The van der Waals surface area contributed by atoms with Gasteiger partial charge in [-0.2, -0.15) is 0 Å². The normalized spacial score (nSPS) is 12.4. The van der Waals surface area contributed by atoms with Gasteiger partial charge in [-0.1, -0.05) is 13.8 Å². The highest BCUT2D eigenvalue weighted by atomic mass is 32.1. The summed E-state index contributed by atoms with van der Waals surface area (Å²) in [4.78, 5) is 20.1. The van der Waals surface area contributed by atoms with E-state index >= 15 is 0 Å². The quantitative estimate of drug-likeness (QED) is 0.877. The van der Waals surface area contributed by atoms with Crippen LogP contribution in [-0.4, -0.2) is 21.0 Å². The molecular weight excluding hydrogens is 286 g/mol. The minimum absolute atomic E-state index is 0.0137. The fourth-order valence-electron chi connectivity index (χ4n) is 1.90. The number of aromatic nitrogens is 2. The molecule has 0 aliphatic carbocycles. The third kappa shape index (κ3) is 3.78. The Bertz CT molecular complexity index is 652. The van der Waals surface area contributed by atoms with Gasteiger partial charge in [-0.05, 0) is 31.9 Å². The van der Waals surface area contributed by atoms with Crippen LogP contribution in [0.2, 0.25) is 0 Å². The van der Waals surface area contributed by atoms with Crippen molar-refractivity contribution in [1.29, 1.82) is 0 Å². The first kappa shape index (κ1) is 15.4. The molecule has 0 radical (unpaired) electrons. The standard InChI is InChI=1S/C15H19N3O2S/c1-8(2)12-5-11(15(19)20)6-13(18-12)17-10(4)14-16-9(3)7-21-14/h5-8,10H,1-4H3,(H,17,18)(H,19,20). The summed E-state index contributed by atoms with van der Waals surface area (Å²) in [5.41, 5.74) is 2.00. The molecule has 0 fully saturated rings. The molecule has 0 amide bonds. The summed E-state index contributed by atoms with van der Waals surface area (Å²) in [6.07, 6.45) is 0. The van der Waals surface area contributed by atoms with Crippen LogP contribution in [0.15, 0.2) is 17.5 Å². The fourth-order valence-corrected chi connectivity index (χ4v) is 2.70. The smallest absolute Gasteiger partial charge is 0.335 e. The van der Waals surface area contributed by atoms with E-state index in [2.05, 4.69) is 15.3 Å². The van der Waals surface area contributed by atoms with E-state index in [1.807, 2.05) is 33.1 Å². The molecular formula is C15H19N3O2S. The molecule has 0 aromatic carbocycles. The number of nitrogens with one attached hydrogen (secondary N) is 1. The third-order valence-electron chi connectivity index (χ3n) is 3.06. The predicted molar refractivity (Wildman–Crippen MR) is 84.2 cm³/mol. The number of thiazole rings is 1. The summed E-state index contributed by atoms with van der Waals surface area (Å²) in [5.74, 6) is -0.207. The van der Waals surface area contributed by atoms with Gasteiger partial charge in [-0.15, -0.1) is 11.3 Å². The Morgan fingerprint density at radius 1 is 1.29 bits per heavy atom. The second-order valence-electron chi connectivity index (χ2n) is 5.32. The molecule has 0 bridgehead atoms. The summed E-state index contributed by atoms with van der Waals surface area (Å²) >= 11 is 1.58. The zero-order valence-electron chi connectivity index (χ0n) is 12.5. The maximum Gasteiger partial charge on any atom is 0.335 e. The zero-order valence-corrected chi connectivity index (χ0v) is 13.4. The largest absolute Gasteiger partial charge is 0.478 e. The molecule has 2 aromatic rings. The van der Waals surface area contributed by atoms with Gasteiger partial charge in [0.2, 0.25) is 0 Å². The Kier molecular flexibility index (Phi) is 4.57. The van der Waals surface area contributed by atoms with Gasteiger partial charge in [-0.3, -0.25) is 0 Å². The molecule has 2 aromatic heterocycles. The maximum atomic E-state index is 11.2. The van der Waals surface area contributed by atoms with Gasteiger partial charge in [0.15, 0.2) is 0 Å². The average molecular weight is 305 g/mol. The molecule has 2 N–H and O–H groups in total. The molecule has 1 atom stereocenters. The second kappa shape index (κ2) is 6.22. The van der Waals surface area contributed by atoms with Gasteiger partial charge < -0.3 is 10.4 Å². The molecule has 0 spiro atoms. The van der Waals surface area contributed by atoms with Crippen LogP contribution in [0, 0.1) is 6.92 Å². The summed E-state index contributed by atoms with van der Waals surface area (Å²) in [6.45, 7) is 7.92. The van der Waals surface area contributed by atoms with Crippen LogP contribution < -0.4 is 5.32 Å². The first-order chi connectivity index (χ1) is 9.86. The lowest BCUT2D eigenvalue weighted by Gasteiger charge is -2.15. The highest BCUT2D eigenvalue weighted by molar-refractivity contribution is 7.09. The Hall–Kier alpha value is -1.95. The molecule has 1 unspecified atom stereocenters. The van der Waals surface area contributed by atoms with E-state index in [1.165, 1.54) is 0 Å². The molecule has 0 aliphatic rings. The van der Waals surface area contributed by atoms with Crippen LogP contribution in [0.25, 0.3) is 0 Å². The number of anilines is 1. The van der Waals surface area contributed by atoms with Crippen LogP contribution in [-0.2, 0) is 0 Å². The molecule has 5 nitrogen and oxygen atoms in total. The highest BCUT2D eigenvalue weighted by Gasteiger charge is 2.14. The van der Waals surface area contributed by atoms with Crippen molar-refractivity contribution >= 4 is 23.1 Å². The van der Waals surface area contributed by atoms with Crippen molar-refractivity contribution in [3.63, 3.8) is 0 Å². The molecule has 0 saturated heterocycles. The van der Waals surface area contributed by atoms with Crippen molar-refractivity contribution in [3.8, 4) is 0 Å². The molecule has 6 heteroatoms. The zero-order chi connectivity index (χ0) is 15.6. The van der Waals surface area contributed by atoms with Gasteiger partial charge in [0.25, 0.3) is 0 Å². The van der Waals surface area contributed by atoms with Crippen molar-refractivity contribution < 1.29 is 9.90 Å². The lowest BCUT2D eigenvalue weighted by Crippen LogP contribution is -2.11. The van der Waals surface area contributed by atoms with E-state index in [0.29, 0.717) is 5.82 Å². The molecule has 0 aliphatic heterocycles. The van der Waals surface area contributed by atoms with Crippen molar-refractivity contribution in [3.05, 3.63) is 39.5 Å². The van der Waals surface area contributed by atoms with Crippen molar-refractivity contribution in [2.45, 2.75) is 39.7 Å². The lowest BCUT2D eigenvalue weighted by molar-refractivity contribution is 0.0696. The number of nitrogens with zero attached hydrogens (tertiary/aromatic N) is 2. The Morgan fingerprint density at radius 3 is 2.52 bits per heavy atom. The molecule has 0 saturated carbocycles. The summed E-state index contributed by atoms with van der Waals surface area (Å²) in [7, 11) is 0. The molecule has 2 heterocycles. The lowest BCUT2D eigenvalue weighted by atomic mass is 10.1. The summed E-state index contributed by atoms with van der Waals surface area (Å²) < 4.78 is 0. The fraction of sp³-hybridized carbons (Fsp3) is 0.400. The Labute approximate surface area is 128 Å². The molecule has 2 rings (SSSR count). The van der Waals surface area contributed by atoms with Crippen molar-refractivity contribution in [2.24, 2.45) is 0 Å². The highest BCUT2D eigenvalue weighted by Crippen LogP contribution is 2.24. The van der Waals surface area contributed by atoms with E-state index in [9.17, 15) is 9.90 Å². The number of pyridine rings is 1. The van der Waals surface area contributed by atoms with Gasteiger partial charge in [0.1, 0.15) is 10.8 Å². The first-order valence-electron chi connectivity index (χ1n) is 6.80. The number of carboxylic acid groups (broad SMARTS) is 1. The Balaban J connectivity index is 2.28. The molecule has 21 heavy (non-hydrogen) atoms. The van der Waals surface area contributed by atoms with Crippen LogP contribution in [0.4, 0.5) is 5.82 Å². The number of rotatable bonds is 5. The van der Waals surface area contributed by atoms with Crippen LogP contribution >= 0.6 is 11.3 Å². The average Bonchev–Trinajstić information content (AvgIpc) is 2.85. The Morgan fingerprint density at radius 2 is 2.00 bits per heavy atom. The van der Waals surface area contributed by atoms with Crippen molar-refractivity contribution in [2.75, 3.05) is 5.32 Å². The maximum absolute atomic E-state index is 11.2. The minimum Gasteiger partial charge on any atom is -0.478 e. The van der Waals surface area contributed by atoms with E-state index in [1.54, 1.807) is 23.5 Å². The van der Waals surface area contributed by atoms with E-state index in [4.69, 9.17) is 0 Å². The van der Waals surface area contributed by atoms with Gasteiger partial charge in [0.05, 0.1) is 11.6 Å². The number of aryl methyl sites for hydroxylation is 1. The summed E-state index contributed by atoms with van der Waals surface area (Å²) in [6, 6.07) is 3.17. The predicted octanol–water partition coefficient (Wildman–Crippen LogP) is 3.84. The molecule has 112 valence electrons. The van der Waals surface area contributed by atoms with E-state index in [-0.39, 0.29) is 17.5 Å². The van der Waals surface area contributed by atoms with E-state index in [0.717, 1.165) is 16.4 Å². The van der Waals surface area contributed by atoms with Gasteiger partial charge in [0, 0.05) is 16.8 Å². The van der Waals surface area contributed by atoms with Crippen molar-refractivity contribution in [1.82, 2.24) is 9.97 Å². The second-order valence-corrected chi connectivity index (χ2v) is 6.21.